The summed E-state index contributed by atoms with van der Waals surface area (Å²) in [6, 6.07) is 2.02. The lowest BCUT2D eigenvalue weighted by Crippen LogP contribution is -2.49. The monoisotopic (exact) mass is 250 g/mol. The highest BCUT2D eigenvalue weighted by atomic mass is 35.5. The van der Waals surface area contributed by atoms with Crippen molar-refractivity contribution in [2.45, 2.75) is 38.3 Å². The third-order valence-corrected chi connectivity index (χ3v) is 4.82. The lowest BCUT2D eigenvalue weighted by Gasteiger charge is -2.31. The van der Waals surface area contributed by atoms with Gasteiger partial charge in [-0.25, -0.2) is 8.42 Å². The van der Waals surface area contributed by atoms with E-state index in [0.29, 0.717) is 0 Å². The molecule has 0 atom stereocenters. The number of nitrogens with zero attached hydrogens (tertiary/aromatic N) is 2. The summed E-state index contributed by atoms with van der Waals surface area (Å²) in [6.45, 7) is 3.24. The van der Waals surface area contributed by atoms with Crippen molar-refractivity contribution in [3.05, 3.63) is 0 Å². The van der Waals surface area contributed by atoms with E-state index < -0.39 is 15.6 Å². The zero-order valence-corrected chi connectivity index (χ0v) is 10.5. The van der Waals surface area contributed by atoms with Gasteiger partial charge in [0.15, 0.2) is 0 Å². The normalized spacial score (nSPS) is 17.8. The number of nitriles is 1. The Morgan fingerprint density at radius 1 is 1.53 bits per heavy atom. The highest BCUT2D eigenvalue weighted by Gasteiger charge is 2.45. The van der Waals surface area contributed by atoms with Gasteiger partial charge in [0.05, 0.1) is 11.8 Å². The molecular weight excluding hydrogens is 236 g/mol. The topological polar surface area (TPSA) is 61.2 Å². The van der Waals surface area contributed by atoms with Crippen molar-refractivity contribution in [2.75, 3.05) is 11.6 Å². The van der Waals surface area contributed by atoms with Gasteiger partial charge in [0.1, 0.15) is 5.54 Å². The van der Waals surface area contributed by atoms with Crippen molar-refractivity contribution < 1.29 is 8.42 Å². The highest BCUT2D eigenvalue weighted by molar-refractivity contribution is 7.89. The predicted octanol–water partition coefficient (Wildman–Crippen LogP) is 1.32. The first kappa shape index (κ1) is 12.8. The second-order valence-corrected chi connectivity index (χ2v) is 6.55. The van der Waals surface area contributed by atoms with E-state index in [0.717, 1.165) is 12.8 Å². The minimum absolute atomic E-state index is 0.00660. The summed E-state index contributed by atoms with van der Waals surface area (Å²) in [5.74, 6) is -0.0385. The van der Waals surface area contributed by atoms with E-state index in [1.807, 2.05) is 6.07 Å². The van der Waals surface area contributed by atoms with Crippen LogP contribution in [0.4, 0.5) is 0 Å². The van der Waals surface area contributed by atoms with Gasteiger partial charge < -0.3 is 0 Å². The lowest BCUT2D eigenvalue weighted by atomic mass is 10.1. The van der Waals surface area contributed by atoms with Crippen LogP contribution in [0, 0.1) is 11.3 Å². The Hall–Kier alpha value is -0.310. The molecule has 0 spiro atoms. The standard InChI is InChI=1S/C9H15ClN2O2S/c1-9(2,7-11)12(8-3-4-8)15(13,14)6-5-10/h8H,3-6H2,1-2H3. The number of rotatable bonds is 5. The zero-order valence-electron chi connectivity index (χ0n) is 8.90. The Kier molecular flexibility index (Phi) is 3.64. The van der Waals surface area contributed by atoms with Crippen LogP contribution in [-0.4, -0.2) is 35.9 Å². The van der Waals surface area contributed by atoms with Gasteiger partial charge in [-0.1, -0.05) is 0 Å². The number of hydrogen-bond donors (Lipinski definition) is 0. The first-order valence-corrected chi connectivity index (χ1v) is 6.99. The van der Waals surface area contributed by atoms with Crippen molar-refractivity contribution in [2.24, 2.45) is 0 Å². The summed E-state index contributed by atoms with van der Waals surface area (Å²) < 4.78 is 25.1. The van der Waals surface area contributed by atoms with Crippen molar-refractivity contribution in [3.8, 4) is 6.07 Å². The molecule has 0 radical (unpaired) electrons. The molecular formula is C9H15ClN2O2S. The van der Waals surface area contributed by atoms with Crippen LogP contribution >= 0.6 is 11.6 Å². The van der Waals surface area contributed by atoms with Crippen LogP contribution in [0.5, 0.6) is 0 Å². The molecule has 0 aromatic heterocycles. The Labute approximate surface area is 95.9 Å². The molecule has 0 heterocycles. The number of sulfonamides is 1. The quantitative estimate of drug-likeness (QED) is 0.692. The summed E-state index contributed by atoms with van der Waals surface area (Å²) >= 11 is 5.46. The Morgan fingerprint density at radius 3 is 2.40 bits per heavy atom. The molecule has 1 aliphatic carbocycles. The van der Waals surface area contributed by atoms with Crippen LogP contribution in [0.1, 0.15) is 26.7 Å². The van der Waals surface area contributed by atoms with Gasteiger partial charge in [-0.05, 0) is 26.7 Å². The summed E-state index contributed by atoms with van der Waals surface area (Å²) in [7, 11) is -3.40. The fraction of sp³-hybridized carbons (Fsp3) is 0.889. The van der Waals surface area contributed by atoms with Crippen LogP contribution in [-0.2, 0) is 10.0 Å². The highest BCUT2D eigenvalue weighted by Crippen LogP contribution is 2.35. The molecule has 1 saturated carbocycles. The summed E-state index contributed by atoms with van der Waals surface area (Å²) in [5, 5.41) is 8.98. The van der Waals surface area contributed by atoms with Gasteiger partial charge in [-0.15, -0.1) is 11.6 Å². The molecule has 0 unspecified atom stereocenters. The van der Waals surface area contributed by atoms with Gasteiger partial charge in [0.2, 0.25) is 10.0 Å². The van der Waals surface area contributed by atoms with E-state index >= 15 is 0 Å². The fourth-order valence-corrected chi connectivity index (χ4v) is 3.96. The van der Waals surface area contributed by atoms with Gasteiger partial charge >= 0.3 is 0 Å². The first-order chi connectivity index (χ1) is 6.85. The molecule has 15 heavy (non-hydrogen) atoms. The van der Waals surface area contributed by atoms with E-state index in [9.17, 15) is 8.42 Å². The van der Waals surface area contributed by atoms with Gasteiger partial charge in [-0.2, -0.15) is 9.57 Å². The zero-order chi connectivity index (χ0) is 11.7. The van der Waals surface area contributed by atoms with E-state index in [1.54, 1.807) is 13.8 Å². The fourth-order valence-electron chi connectivity index (χ4n) is 1.59. The maximum absolute atomic E-state index is 11.9. The largest absolute Gasteiger partial charge is 0.216 e. The Bertz CT molecular complexity index is 368. The molecule has 1 aliphatic rings. The molecule has 0 aromatic carbocycles. The first-order valence-electron chi connectivity index (χ1n) is 4.84. The van der Waals surface area contributed by atoms with E-state index in [-0.39, 0.29) is 17.7 Å². The van der Waals surface area contributed by atoms with Crippen LogP contribution in [0.3, 0.4) is 0 Å². The molecule has 0 aliphatic heterocycles. The molecule has 1 fully saturated rings. The summed E-state index contributed by atoms with van der Waals surface area (Å²) in [5.41, 5.74) is -0.980. The average molecular weight is 251 g/mol. The van der Waals surface area contributed by atoms with Crippen LogP contribution in [0.25, 0.3) is 0 Å². The second-order valence-electron chi connectivity index (χ2n) is 4.20. The predicted molar refractivity (Wildman–Crippen MR) is 59.1 cm³/mol. The minimum atomic E-state index is -3.40. The average Bonchev–Trinajstić information content (AvgIpc) is 2.87. The third kappa shape index (κ3) is 2.83. The maximum atomic E-state index is 11.9. The molecule has 0 bridgehead atoms. The maximum Gasteiger partial charge on any atom is 0.216 e. The molecule has 86 valence electrons. The van der Waals surface area contributed by atoms with Crippen molar-refractivity contribution in [3.63, 3.8) is 0 Å². The van der Waals surface area contributed by atoms with Crippen LogP contribution in [0.2, 0.25) is 0 Å². The molecule has 0 aromatic rings. The Morgan fingerprint density at radius 2 is 2.07 bits per heavy atom. The van der Waals surface area contributed by atoms with E-state index in [4.69, 9.17) is 16.9 Å². The minimum Gasteiger partial charge on any atom is -0.212 e. The summed E-state index contributed by atoms with van der Waals surface area (Å²) in [6.07, 6.45) is 1.68. The SMILES string of the molecule is CC(C)(C#N)N(C1CC1)S(=O)(=O)CCCl. The third-order valence-electron chi connectivity index (χ3n) is 2.34. The number of hydrogen-bond acceptors (Lipinski definition) is 3. The molecule has 0 saturated heterocycles. The molecule has 6 heteroatoms. The van der Waals surface area contributed by atoms with E-state index in [2.05, 4.69) is 0 Å². The molecule has 4 nitrogen and oxygen atoms in total. The molecule has 1 rings (SSSR count). The smallest absolute Gasteiger partial charge is 0.212 e. The number of halogens is 1. The van der Waals surface area contributed by atoms with Crippen LogP contribution in [0.15, 0.2) is 0 Å². The van der Waals surface area contributed by atoms with Gasteiger partial charge in [0.25, 0.3) is 0 Å². The Balaban J connectivity index is 2.99. The molecule has 0 N–H and O–H groups in total. The second kappa shape index (κ2) is 4.28. The number of alkyl halides is 1. The van der Waals surface area contributed by atoms with Crippen LogP contribution < -0.4 is 0 Å². The lowest BCUT2D eigenvalue weighted by molar-refractivity contribution is 0.281. The van der Waals surface area contributed by atoms with E-state index in [1.165, 1.54) is 4.31 Å². The molecule has 0 amide bonds. The van der Waals surface area contributed by atoms with Crippen molar-refractivity contribution in [1.29, 1.82) is 5.26 Å². The van der Waals surface area contributed by atoms with Crippen molar-refractivity contribution >= 4 is 21.6 Å². The van der Waals surface area contributed by atoms with Gasteiger partial charge in [0, 0.05) is 11.9 Å². The summed E-state index contributed by atoms with van der Waals surface area (Å²) in [4.78, 5) is 0. The van der Waals surface area contributed by atoms with Gasteiger partial charge in [-0.3, -0.25) is 0 Å². The van der Waals surface area contributed by atoms with Crippen molar-refractivity contribution in [1.82, 2.24) is 4.31 Å².